The fourth-order valence-electron chi connectivity index (χ4n) is 2.64. The third kappa shape index (κ3) is 5.40. The number of halogens is 1. The number of nitrogens with zero attached hydrogens (tertiary/aromatic N) is 2. The number of nitrogens with one attached hydrogen (secondary N) is 1. The Hall–Kier alpha value is -0.130. The van der Waals surface area contributed by atoms with Crippen LogP contribution < -0.4 is 5.32 Å². The van der Waals surface area contributed by atoms with Crippen LogP contribution in [0.1, 0.15) is 11.3 Å². The summed E-state index contributed by atoms with van der Waals surface area (Å²) >= 11 is 7.57. The minimum absolute atomic E-state index is 0.853. The van der Waals surface area contributed by atoms with Crippen LogP contribution >= 0.6 is 22.9 Å². The van der Waals surface area contributed by atoms with Gasteiger partial charge in [0.1, 0.15) is 0 Å². The summed E-state index contributed by atoms with van der Waals surface area (Å²) in [6, 6.07) is 4.06. The maximum Gasteiger partial charge on any atom is 0.0931 e. The SMILES string of the molecule is CN(CCNCc1ccc(Cl)s1)CC1CCN(C)C1. The zero-order valence-corrected chi connectivity index (χ0v) is 13.4. The molecule has 19 heavy (non-hydrogen) atoms. The van der Waals surface area contributed by atoms with Gasteiger partial charge in [-0.25, -0.2) is 0 Å². The highest BCUT2D eigenvalue weighted by atomic mass is 35.5. The molecule has 1 atom stereocenters. The van der Waals surface area contributed by atoms with Crippen LogP contribution in [-0.2, 0) is 6.54 Å². The Labute approximate surface area is 125 Å². The maximum absolute atomic E-state index is 5.91. The van der Waals surface area contributed by atoms with Crippen LogP contribution in [0.5, 0.6) is 0 Å². The third-order valence-corrected chi connectivity index (χ3v) is 4.89. The summed E-state index contributed by atoms with van der Waals surface area (Å²) < 4.78 is 0.874. The molecule has 0 aromatic carbocycles. The largest absolute Gasteiger partial charge is 0.311 e. The summed E-state index contributed by atoms with van der Waals surface area (Å²) in [5.41, 5.74) is 0. The topological polar surface area (TPSA) is 18.5 Å². The van der Waals surface area contributed by atoms with E-state index < -0.39 is 0 Å². The van der Waals surface area contributed by atoms with Gasteiger partial charge in [0.25, 0.3) is 0 Å². The molecule has 0 spiro atoms. The standard InChI is InChI=1S/C14H24ClN3S/c1-17-7-5-12(10-17)11-18(2)8-6-16-9-13-3-4-14(15)19-13/h3-4,12,16H,5-11H2,1-2H3. The number of hydrogen-bond donors (Lipinski definition) is 1. The van der Waals surface area contributed by atoms with Gasteiger partial charge in [0.05, 0.1) is 4.34 Å². The summed E-state index contributed by atoms with van der Waals surface area (Å²) in [5.74, 6) is 0.853. The van der Waals surface area contributed by atoms with Crippen molar-refractivity contribution in [2.45, 2.75) is 13.0 Å². The van der Waals surface area contributed by atoms with Gasteiger partial charge in [-0.15, -0.1) is 11.3 Å². The molecule has 1 aliphatic heterocycles. The molecule has 1 aromatic rings. The third-order valence-electron chi connectivity index (χ3n) is 3.66. The molecule has 0 saturated carbocycles. The average Bonchev–Trinajstić information content (AvgIpc) is 2.94. The van der Waals surface area contributed by atoms with Crippen molar-refractivity contribution >= 4 is 22.9 Å². The van der Waals surface area contributed by atoms with Gasteiger partial charge in [0, 0.05) is 37.6 Å². The summed E-state index contributed by atoms with van der Waals surface area (Å²) in [7, 11) is 4.44. The molecule has 1 unspecified atom stereocenters. The predicted molar refractivity (Wildman–Crippen MR) is 84.1 cm³/mol. The minimum Gasteiger partial charge on any atom is -0.311 e. The Balaban J connectivity index is 1.55. The van der Waals surface area contributed by atoms with Gasteiger partial charge >= 0.3 is 0 Å². The van der Waals surface area contributed by atoms with Crippen LogP contribution in [0.3, 0.4) is 0 Å². The van der Waals surface area contributed by atoms with Crippen molar-refractivity contribution in [2.24, 2.45) is 5.92 Å². The van der Waals surface area contributed by atoms with E-state index in [0.717, 1.165) is 29.9 Å². The Kier molecular flexibility index (Phi) is 6.10. The van der Waals surface area contributed by atoms with Crippen LogP contribution in [0.4, 0.5) is 0 Å². The quantitative estimate of drug-likeness (QED) is 0.780. The van der Waals surface area contributed by atoms with Gasteiger partial charge in [0.2, 0.25) is 0 Å². The first-order valence-electron chi connectivity index (χ1n) is 6.95. The van der Waals surface area contributed by atoms with Crippen molar-refractivity contribution in [3.05, 3.63) is 21.3 Å². The molecular weight excluding hydrogens is 278 g/mol. The molecule has 1 saturated heterocycles. The second kappa shape index (κ2) is 7.60. The molecule has 1 aliphatic rings. The smallest absolute Gasteiger partial charge is 0.0931 e. The number of likely N-dealkylation sites (N-methyl/N-ethyl adjacent to an activating group) is 1. The monoisotopic (exact) mass is 301 g/mol. The highest BCUT2D eigenvalue weighted by molar-refractivity contribution is 7.16. The fraction of sp³-hybridized carbons (Fsp3) is 0.714. The van der Waals surface area contributed by atoms with Crippen molar-refractivity contribution in [3.8, 4) is 0 Å². The molecule has 0 bridgehead atoms. The van der Waals surface area contributed by atoms with Gasteiger partial charge in [0.15, 0.2) is 0 Å². The first kappa shape index (κ1) is 15.3. The zero-order chi connectivity index (χ0) is 13.7. The van der Waals surface area contributed by atoms with Gasteiger partial charge in [-0.1, -0.05) is 11.6 Å². The van der Waals surface area contributed by atoms with E-state index in [0.29, 0.717) is 0 Å². The van der Waals surface area contributed by atoms with Gasteiger partial charge in [-0.05, 0) is 45.1 Å². The number of rotatable bonds is 7. The van der Waals surface area contributed by atoms with Crippen LogP contribution in [0.2, 0.25) is 4.34 Å². The van der Waals surface area contributed by atoms with E-state index in [1.165, 1.54) is 30.9 Å². The lowest BCUT2D eigenvalue weighted by molar-refractivity contribution is 0.273. The Morgan fingerprint density at radius 2 is 2.37 bits per heavy atom. The van der Waals surface area contributed by atoms with Crippen molar-refractivity contribution < 1.29 is 0 Å². The molecule has 2 heterocycles. The van der Waals surface area contributed by atoms with Crippen molar-refractivity contribution in [2.75, 3.05) is 46.8 Å². The molecule has 3 nitrogen and oxygen atoms in total. The molecule has 0 aliphatic carbocycles. The van der Waals surface area contributed by atoms with Crippen LogP contribution in [0.25, 0.3) is 0 Å². The lowest BCUT2D eigenvalue weighted by Gasteiger charge is -2.21. The number of likely N-dealkylation sites (tertiary alicyclic amines) is 1. The minimum atomic E-state index is 0.853. The van der Waals surface area contributed by atoms with Gasteiger partial charge < -0.3 is 15.1 Å². The molecule has 0 radical (unpaired) electrons. The summed E-state index contributed by atoms with van der Waals surface area (Å²) in [6.07, 6.45) is 1.35. The van der Waals surface area contributed by atoms with Crippen molar-refractivity contribution in [1.29, 1.82) is 0 Å². The van der Waals surface area contributed by atoms with Crippen molar-refractivity contribution in [1.82, 2.24) is 15.1 Å². The molecule has 1 fully saturated rings. The highest BCUT2D eigenvalue weighted by Gasteiger charge is 2.20. The molecule has 2 rings (SSSR count). The van der Waals surface area contributed by atoms with E-state index in [4.69, 9.17) is 11.6 Å². The van der Waals surface area contributed by atoms with Crippen LogP contribution in [0.15, 0.2) is 12.1 Å². The molecule has 1 aromatic heterocycles. The van der Waals surface area contributed by atoms with E-state index in [1.54, 1.807) is 11.3 Å². The van der Waals surface area contributed by atoms with E-state index >= 15 is 0 Å². The van der Waals surface area contributed by atoms with E-state index in [2.05, 4.69) is 35.3 Å². The molecule has 1 N–H and O–H groups in total. The second-order valence-corrected chi connectivity index (χ2v) is 7.36. The predicted octanol–water partition coefficient (Wildman–Crippen LogP) is 2.37. The van der Waals surface area contributed by atoms with Crippen LogP contribution in [-0.4, -0.2) is 56.6 Å². The average molecular weight is 302 g/mol. The van der Waals surface area contributed by atoms with Gasteiger partial charge in [-0.3, -0.25) is 0 Å². The Morgan fingerprint density at radius 3 is 3.00 bits per heavy atom. The van der Waals surface area contributed by atoms with E-state index in [9.17, 15) is 0 Å². The number of thiophene rings is 1. The normalized spacial score (nSPS) is 20.5. The number of hydrogen-bond acceptors (Lipinski definition) is 4. The summed E-state index contributed by atoms with van der Waals surface area (Å²) in [6.45, 7) is 6.81. The van der Waals surface area contributed by atoms with E-state index in [-0.39, 0.29) is 0 Å². The molecule has 0 amide bonds. The molecule has 5 heteroatoms. The zero-order valence-electron chi connectivity index (χ0n) is 11.9. The fourth-order valence-corrected chi connectivity index (χ4v) is 3.69. The first-order chi connectivity index (χ1) is 9.13. The van der Waals surface area contributed by atoms with Crippen molar-refractivity contribution in [3.63, 3.8) is 0 Å². The molecular formula is C14H24ClN3S. The highest BCUT2D eigenvalue weighted by Crippen LogP contribution is 2.20. The first-order valence-corrected chi connectivity index (χ1v) is 8.15. The summed E-state index contributed by atoms with van der Waals surface area (Å²) in [5, 5.41) is 3.48. The lowest BCUT2D eigenvalue weighted by atomic mass is 10.1. The second-order valence-electron chi connectivity index (χ2n) is 5.56. The van der Waals surface area contributed by atoms with E-state index in [1.807, 2.05) is 6.07 Å². The van der Waals surface area contributed by atoms with Crippen LogP contribution in [0, 0.1) is 5.92 Å². The van der Waals surface area contributed by atoms with Gasteiger partial charge in [-0.2, -0.15) is 0 Å². The maximum atomic E-state index is 5.91. The lowest BCUT2D eigenvalue weighted by Crippen LogP contribution is -2.33. The Bertz CT molecular complexity index is 383. The molecule has 108 valence electrons. The summed E-state index contributed by atoms with van der Waals surface area (Å²) in [4.78, 5) is 6.18. The Morgan fingerprint density at radius 1 is 1.53 bits per heavy atom.